The second kappa shape index (κ2) is 9.66. The fraction of sp³-hybridized carbons (Fsp3) is 0. The van der Waals surface area contributed by atoms with E-state index in [0.29, 0.717) is 24.3 Å². The number of rotatable bonds is 10. The minimum atomic E-state index is -3.39. The van der Waals surface area contributed by atoms with E-state index in [2.05, 4.69) is 2.79 Å². The maximum absolute atomic E-state index is 12.1. The van der Waals surface area contributed by atoms with Crippen LogP contribution in [-0.4, -0.2) is 59.8 Å². The molecule has 0 bridgehead atoms. The number of aromatic hydroxyl groups is 1. The van der Waals surface area contributed by atoms with Crippen LogP contribution in [0, 0.1) is 55.5 Å². The molecular weight excluding hydrogens is 659 g/mol. The van der Waals surface area contributed by atoms with Crippen molar-refractivity contribution < 1.29 is 40.1 Å². The Kier molecular flexibility index (Phi) is 7.21. The summed E-state index contributed by atoms with van der Waals surface area (Å²) in [4.78, 5) is 60.6. The molecule has 2 rings (SSSR count). The van der Waals surface area contributed by atoms with Gasteiger partial charge in [-0.15, -0.1) is 0 Å². The molecule has 0 atom stereocenters. The molecule has 0 heterocycles. The zero-order valence-corrected chi connectivity index (χ0v) is 19.1. The van der Waals surface area contributed by atoms with Crippen molar-refractivity contribution in [2.24, 2.45) is 0 Å². The summed E-state index contributed by atoms with van der Waals surface area (Å²) >= 11 is -3.39. The molecular formula is C12H5N6O14Pb+. The number of phenolic OH excluding ortho intramolecular Hbond substituents is 1. The van der Waals surface area contributed by atoms with E-state index in [1.807, 2.05) is 0 Å². The number of nitro groups is 5. The SMILES string of the molecule is O=[N+]([O-])c1cc([N+](=O)[O-])c([O][Pb][O][N+](=O)c2cc([N+](=O)[O-])cc([N+](=O)[O-])c2O)c([N+](=O)[O-])c1. The van der Waals surface area contributed by atoms with Gasteiger partial charge < -0.3 is 0 Å². The van der Waals surface area contributed by atoms with Gasteiger partial charge in [-0.25, -0.2) is 0 Å². The summed E-state index contributed by atoms with van der Waals surface area (Å²) in [5.41, 5.74) is -6.61. The van der Waals surface area contributed by atoms with Crippen LogP contribution in [0.25, 0.3) is 0 Å². The van der Waals surface area contributed by atoms with Gasteiger partial charge in [0.05, 0.1) is 0 Å². The van der Waals surface area contributed by atoms with E-state index in [1.165, 1.54) is 0 Å². The molecule has 0 unspecified atom stereocenters. The molecule has 2 aromatic rings. The van der Waals surface area contributed by atoms with Crippen molar-refractivity contribution in [1.82, 2.24) is 0 Å². The molecule has 170 valence electrons. The van der Waals surface area contributed by atoms with Crippen LogP contribution in [0.2, 0.25) is 0 Å². The molecule has 2 radical (unpaired) electrons. The molecule has 0 saturated heterocycles. The molecule has 33 heavy (non-hydrogen) atoms. The number of non-ortho nitro benzene ring substituents is 2. The van der Waals surface area contributed by atoms with Crippen molar-refractivity contribution in [3.63, 3.8) is 0 Å². The van der Waals surface area contributed by atoms with Gasteiger partial charge in [0.25, 0.3) is 0 Å². The molecule has 2 aromatic carbocycles. The normalized spacial score (nSPS) is 10.2. The van der Waals surface area contributed by atoms with Crippen LogP contribution in [-0.2, 0) is 2.79 Å². The number of nitrogens with zero attached hydrogens (tertiary/aromatic N) is 6. The Hall–Kier alpha value is -4.64. The van der Waals surface area contributed by atoms with E-state index in [-0.39, 0.29) is 0 Å². The van der Waals surface area contributed by atoms with Crippen molar-refractivity contribution in [3.05, 3.63) is 79.7 Å². The number of nitro benzene ring substituents is 5. The maximum atomic E-state index is 12.1. The fourth-order valence-corrected chi connectivity index (χ4v) is 4.11. The fourth-order valence-electron chi connectivity index (χ4n) is 2.18. The standard InChI is InChI=1S/2C6H3N3O7.Pb/c2*10-6-4(8(13)14)1-3(7(11)12)2-5(6)9(15)16;/h2*1-2,10H;/q;;+2/p-1. The predicted octanol–water partition coefficient (Wildman–Crippen LogP) is 1.89. The van der Waals surface area contributed by atoms with E-state index >= 15 is 0 Å². The molecule has 0 amide bonds. The number of benzene rings is 2. The third-order valence-corrected chi connectivity index (χ3v) is 5.61. The van der Waals surface area contributed by atoms with E-state index in [0.717, 1.165) is 0 Å². The average Bonchev–Trinajstić information content (AvgIpc) is 2.72. The first-order valence-electron chi connectivity index (χ1n) is 7.68. The number of hydrogen-bond acceptors (Lipinski definition) is 14. The van der Waals surface area contributed by atoms with Gasteiger partial charge >= 0.3 is 191 Å². The number of phenols is 1. The quantitative estimate of drug-likeness (QED) is 0.216. The Balaban J connectivity index is 2.38. The van der Waals surface area contributed by atoms with E-state index in [4.69, 9.17) is 2.69 Å². The summed E-state index contributed by atoms with van der Waals surface area (Å²) in [5, 5.41) is 64.8. The van der Waals surface area contributed by atoms with Crippen LogP contribution in [0.15, 0.2) is 24.3 Å². The summed E-state index contributed by atoms with van der Waals surface area (Å²) < 4.78 is 9.48. The molecule has 0 spiro atoms. The topological polar surface area (TPSA) is 274 Å². The Morgan fingerprint density at radius 2 is 1.03 bits per heavy atom. The molecule has 0 aliphatic heterocycles. The second-order valence-electron chi connectivity index (χ2n) is 5.47. The van der Waals surface area contributed by atoms with Crippen molar-refractivity contribution in [2.75, 3.05) is 0 Å². The monoisotopic (exact) mass is 665 g/mol. The first-order valence-corrected chi connectivity index (χ1v) is 10.9. The van der Waals surface area contributed by atoms with Crippen LogP contribution < -0.4 is 2.69 Å². The van der Waals surface area contributed by atoms with Gasteiger partial charge in [0, 0.05) is 0 Å². The van der Waals surface area contributed by atoms with Gasteiger partial charge in [-0.2, -0.15) is 0 Å². The summed E-state index contributed by atoms with van der Waals surface area (Å²) in [6.07, 6.45) is 0. The first kappa shape index (κ1) is 24.6. The molecule has 0 fully saturated rings. The van der Waals surface area contributed by atoms with Gasteiger partial charge in [-0.05, 0) is 0 Å². The molecule has 20 nitrogen and oxygen atoms in total. The van der Waals surface area contributed by atoms with Gasteiger partial charge in [-0.1, -0.05) is 0 Å². The summed E-state index contributed by atoms with van der Waals surface area (Å²) in [6.45, 7) is 0. The van der Waals surface area contributed by atoms with Gasteiger partial charge in [0.15, 0.2) is 0 Å². The number of hydrogen-bond donors (Lipinski definition) is 1. The van der Waals surface area contributed by atoms with Crippen LogP contribution in [0.1, 0.15) is 0 Å². The Morgan fingerprint density at radius 1 is 0.636 bits per heavy atom. The third kappa shape index (κ3) is 5.35. The van der Waals surface area contributed by atoms with Gasteiger partial charge in [-0.3, -0.25) is 0 Å². The summed E-state index contributed by atoms with van der Waals surface area (Å²) in [5.74, 6) is -2.36. The zero-order chi connectivity index (χ0) is 25.0. The second-order valence-corrected chi connectivity index (χ2v) is 7.62. The molecule has 0 saturated carbocycles. The van der Waals surface area contributed by atoms with Crippen molar-refractivity contribution in [3.8, 4) is 11.5 Å². The third-order valence-electron chi connectivity index (χ3n) is 3.56. The molecule has 21 heteroatoms. The Bertz CT molecular complexity index is 1200. The van der Waals surface area contributed by atoms with E-state index < -0.39 is 100 Å². The van der Waals surface area contributed by atoms with Gasteiger partial charge in [0.2, 0.25) is 0 Å². The van der Waals surface area contributed by atoms with E-state index in [9.17, 15) is 60.6 Å². The Morgan fingerprint density at radius 3 is 1.42 bits per heavy atom. The van der Waals surface area contributed by atoms with Crippen LogP contribution in [0.3, 0.4) is 0 Å². The minimum absolute atomic E-state index is 0.370. The molecule has 1 N–H and O–H groups in total. The van der Waals surface area contributed by atoms with Crippen LogP contribution in [0.4, 0.5) is 34.1 Å². The molecule has 0 aliphatic rings. The van der Waals surface area contributed by atoms with Crippen molar-refractivity contribution >= 4 is 59.3 Å². The molecule has 0 aromatic heterocycles. The average molecular weight is 664 g/mol. The Labute approximate surface area is 190 Å². The van der Waals surface area contributed by atoms with Crippen molar-refractivity contribution in [2.45, 2.75) is 0 Å². The summed E-state index contributed by atoms with van der Waals surface area (Å²) in [6, 6.07) is 1.54. The van der Waals surface area contributed by atoms with E-state index in [1.54, 1.807) is 0 Å². The van der Waals surface area contributed by atoms with Crippen molar-refractivity contribution in [1.29, 1.82) is 0 Å². The zero-order valence-electron chi connectivity index (χ0n) is 15.2. The first-order chi connectivity index (χ1) is 15.3. The van der Waals surface area contributed by atoms with Crippen LogP contribution >= 0.6 is 0 Å². The molecule has 0 aliphatic carbocycles. The predicted molar refractivity (Wildman–Crippen MR) is 98.6 cm³/mol. The summed E-state index contributed by atoms with van der Waals surface area (Å²) in [7, 11) is 0. The van der Waals surface area contributed by atoms with Crippen LogP contribution in [0.5, 0.6) is 11.5 Å². The van der Waals surface area contributed by atoms with Gasteiger partial charge in [0.1, 0.15) is 0 Å².